The van der Waals surface area contributed by atoms with Gasteiger partial charge < -0.3 is 0 Å². The van der Waals surface area contributed by atoms with Crippen molar-refractivity contribution in [3.8, 4) is 0 Å². The zero-order valence-corrected chi connectivity index (χ0v) is 14.5. The van der Waals surface area contributed by atoms with Crippen LogP contribution in [0.1, 0.15) is 17.5 Å². The van der Waals surface area contributed by atoms with Crippen LogP contribution in [0.3, 0.4) is 0 Å². The minimum Gasteiger partial charge on any atom is -0.294 e. The molecule has 3 heterocycles. The number of aromatic nitrogens is 2. The molecule has 1 N–H and O–H groups in total. The average Bonchev–Trinajstić information content (AvgIpc) is 2.90. The molecule has 7 heteroatoms. The van der Waals surface area contributed by atoms with Crippen LogP contribution in [0.25, 0.3) is 0 Å². The summed E-state index contributed by atoms with van der Waals surface area (Å²) in [4.78, 5) is 10.6. The summed E-state index contributed by atoms with van der Waals surface area (Å²) >= 11 is 0. The van der Waals surface area contributed by atoms with Gasteiger partial charge in [-0.05, 0) is 42.2 Å². The predicted octanol–water partition coefficient (Wildman–Crippen LogP) is 1.21. The van der Waals surface area contributed by atoms with E-state index in [1.54, 1.807) is 18.6 Å². The Hall–Kier alpha value is -1.83. The molecule has 0 aromatic carbocycles. The lowest BCUT2D eigenvalue weighted by molar-refractivity contribution is 0.230. The summed E-state index contributed by atoms with van der Waals surface area (Å²) in [5.74, 6) is 0. The maximum atomic E-state index is 11.7. The lowest BCUT2D eigenvalue weighted by atomic mass is 10.0. The van der Waals surface area contributed by atoms with Gasteiger partial charge in [-0.15, -0.1) is 0 Å². The van der Waals surface area contributed by atoms with Gasteiger partial charge in [-0.1, -0.05) is 6.07 Å². The predicted molar refractivity (Wildman–Crippen MR) is 92.8 cm³/mol. The molecule has 0 spiro atoms. The van der Waals surface area contributed by atoms with E-state index in [9.17, 15) is 8.42 Å². The van der Waals surface area contributed by atoms with E-state index in [4.69, 9.17) is 0 Å². The zero-order valence-electron chi connectivity index (χ0n) is 13.7. The van der Waals surface area contributed by atoms with Gasteiger partial charge >= 0.3 is 0 Å². The number of likely N-dealkylation sites (tertiary alicyclic amines) is 1. The van der Waals surface area contributed by atoms with Crippen LogP contribution in [0.15, 0.2) is 49.1 Å². The minimum atomic E-state index is -3.23. The van der Waals surface area contributed by atoms with Gasteiger partial charge in [0.1, 0.15) is 0 Å². The van der Waals surface area contributed by atoms with Crippen LogP contribution in [-0.4, -0.2) is 48.2 Å². The Morgan fingerprint density at radius 2 is 1.96 bits per heavy atom. The third kappa shape index (κ3) is 4.59. The Morgan fingerprint density at radius 3 is 2.62 bits per heavy atom. The SMILES string of the molecule is CS(=O)(=O)N[C@@H]1CCN(Cc2ccncc2)[C@H]1Cc1cccnc1. The van der Waals surface area contributed by atoms with Gasteiger partial charge in [-0.2, -0.15) is 0 Å². The fraction of sp³-hybridized carbons (Fsp3) is 0.412. The fourth-order valence-corrected chi connectivity index (χ4v) is 4.11. The number of hydrogen-bond donors (Lipinski definition) is 1. The van der Waals surface area contributed by atoms with Crippen LogP contribution < -0.4 is 4.72 Å². The first-order valence-corrected chi connectivity index (χ1v) is 9.89. The lowest BCUT2D eigenvalue weighted by Gasteiger charge is -2.28. The normalized spacial score (nSPS) is 21.9. The summed E-state index contributed by atoms with van der Waals surface area (Å²) in [6.45, 7) is 1.65. The quantitative estimate of drug-likeness (QED) is 0.851. The molecular formula is C17H22N4O2S. The van der Waals surface area contributed by atoms with E-state index in [-0.39, 0.29) is 12.1 Å². The van der Waals surface area contributed by atoms with Crippen LogP contribution >= 0.6 is 0 Å². The second kappa shape index (κ2) is 7.38. The first-order chi connectivity index (χ1) is 11.5. The van der Waals surface area contributed by atoms with Crippen LogP contribution in [-0.2, 0) is 23.0 Å². The van der Waals surface area contributed by atoms with E-state index in [0.717, 1.165) is 31.5 Å². The van der Waals surface area contributed by atoms with Crippen molar-refractivity contribution in [1.29, 1.82) is 0 Å². The molecule has 0 aliphatic carbocycles. The van der Waals surface area contributed by atoms with Gasteiger partial charge in [-0.25, -0.2) is 13.1 Å². The second-order valence-electron chi connectivity index (χ2n) is 6.24. The summed E-state index contributed by atoms with van der Waals surface area (Å²) in [5, 5.41) is 0. The van der Waals surface area contributed by atoms with Gasteiger partial charge in [0.15, 0.2) is 0 Å². The average molecular weight is 346 g/mol. The molecule has 24 heavy (non-hydrogen) atoms. The number of rotatable bonds is 6. The lowest BCUT2D eigenvalue weighted by Crippen LogP contribution is -2.45. The van der Waals surface area contributed by atoms with E-state index in [1.165, 1.54) is 11.8 Å². The van der Waals surface area contributed by atoms with E-state index in [1.807, 2.05) is 30.5 Å². The number of pyridine rings is 2. The fourth-order valence-electron chi connectivity index (χ4n) is 3.28. The maximum absolute atomic E-state index is 11.7. The highest BCUT2D eigenvalue weighted by atomic mass is 32.2. The molecular weight excluding hydrogens is 324 g/mol. The standard InChI is InChI=1S/C17H22N4O2S/c1-24(22,23)20-16-6-10-21(13-14-4-8-18-9-5-14)17(16)11-15-3-2-7-19-12-15/h2-5,7-9,12,16-17,20H,6,10-11,13H2,1H3/t16-,17+/m1/s1. The molecule has 6 nitrogen and oxygen atoms in total. The number of nitrogens with one attached hydrogen (secondary N) is 1. The molecule has 3 rings (SSSR count). The molecule has 2 atom stereocenters. The van der Waals surface area contributed by atoms with Crippen molar-refractivity contribution in [1.82, 2.24) is 19.6 Å². The Kier molecular flexibility index (Phi) is 5.23. The van der Waals surface area contributed by atoms with Gasteiger partial charge in [0.05, 0.1) is 6.26 Å². The molecule has 128 valence electrons. The molecule has 0 saturated carbocycles. The summed E-state index contributed by atoms with van der Waals surface area (Å²) in [7, 11) is -3.23. The van der Waals surface area contributed by atoms with Crippen LogP contribution in [0, 0.1) is 0 Å². The molecule has 0 bridgehead atoms. The Labute approximate surface area is 143 Å². The third-order valence-corrected chi connectivity index (χ3v) is 5.06. The van der Waals surface area contributed by atoms with Gasteiger partial charge in [0.2, 0.25) is 10.0 Å². The van der Waals surface area contributed by atoms with Crippen molar-refractivity contribution in [2.75, 3.05) is 12.8 Å². The van der Waals surface area contributed by atoms with E-state index in [0.29, 0.717) is 0 Å². The Morgan fingerprint density at radius 1 is 1.17 bits per heavy atom. The molecule has 1 aliphatic rings. The van der Waals surface area contributed by atoms with Gasteiger partial charge in [-0.3, -0.25) is 14.9 Å². The topological polar surface area (TPSA) is 75.2 Å². The van der Waals surface area contributed by atoms with E-state index < -0.39 is 10.0 Å². The Balaban J connectivity index is 1.79. The maximum Gasteiger partial charge on any atom is 0.209 e. The first-order valence-electron chi connectivity index (χ1n) is 8.00. The second-order valence-corrected chi connectivity index (χ2v) is 8.02. The third-order valence-electron chi connectivity index (χ3n) is 4.33. The zero-order chi connectivity index (χ0) is 17.0. The number of hydrogen-bond acceptors (Lipinski definition) is 5. The molecule has 0 unspecified atom stereocenters. The van der Waals surface area contributed by atoms with Gasteiger partial charge in [0, 0.05) is 50.0 Å². The highest BCUT2D eigenvalue weighted by Gasteiger charge is 2.35. The van der Waals surface area contributed by atoms with Crippen molar-refractivity contribution >= 4 is 10.0 Å². The largest absolute Gasteiger partial charge is 0.294 e. The Bertz CT molecular complexity index is 753. The van der Waals surface area contributed by atoms with Crippen molar-refractivity contribution in [3.05, 3.63) is 60.2 Å². The number of nitrogens with zero attached hydrogens (tertiary/aromatic N) is 3. The van der Waals surface area contributed by atoms with E-state index in [2.05, 4.69) is 19.6 Å². The molecule has 2 aromatic rings. The van der Waals surface area contributed by atoms with Crippen molar-refractivity contribution in [2.45, 2.75) is 31.5 Å². The molecule has 1 saturated heterocycles. The van der Waals surface area contributed by atoms with Gasteiger partial charge in [0.25, 0.3) is 0 Å². The highest BCUT2D eigenvalue weighted by Crippen LogP contribution is 2.24. The summed E-state index contributed by atoms with van der Waals surface area (Å²) in [6.07, 6.45) is 9.97. The van der Waals surface area contributed by atoms with Crippen molar-refractivity contribution in [3.63, 3.8) is 0 Å². The summed E-state index contributed by atoms with van der Waals surface area (Å²) in [6, 6.07) is 7.97. The summed E-state index contributed by atoms with van der Waals surface area (Å²) < 4.78 is 26.2. The molecule has 0 radical (unpaired) electrons. The molecule has 1 fully saturated rings. The van der Waals surface area contributed by atoms with Crippen LogP contribution in [0.4, 0.5) is 0 Å². The van der Waals surface area contributed by atoms with Crippen molar-refractivity contribution in [2.24, 2.45) is 0 Å². The minimum absolute atomic E-state index is 0.0814. The monoisotopic (exact) mass is 346 g/mol. The summed E-state index contributed by atoms with van der Waals surface area (Å²) in [5.41, 5.74) is 2.30. The highest BCUT2D eigenvalue weighted by molar-refractivity contribution is 7.88. The van der Waals surface area contributed by atoms with E-state index >= 15 is 0 Å². The molecule has 1 aliphatic heterocycles. The number of sulfonamides is 1. The smallest absolute Gasteiger partial charge is 0.209 e. The first kappa shape index (κ1) is 17.0. The molecule has 0 amide bonds. The van der Waals surface area contributed by atoms with Crippen LogP contribution in [0.2, 0.25) is 0 Å². The van der Waals surface area contributed by atoms with Crippen molar-refractivity contribution < 1.29 is 8.42 Å². The van der Waals surface area contributed by atoms with Crippen LogP contribution in [0.5, 0.6) is 0 Å². The molecule has 2 aromatic heterocycles.